The van der Waals surface area contributed by atoms with Gasteiger partial charge in [0.05, 0.1) is 0 Å². The molecule has 0 aromatic heterocycles. The number of carbonyl (C=O) groups excluding carboxylic acids is 1. The fourth-order valence-corrected chi connectivity index (χ4v) is 5.01. The lowest BCUT2D eigenvalue weighted by molar-refractivity contribution is -0.274. The summed E-state index contributed by atoms with van der Waals surface area (Å²) in [5.41, 5.74) is 0. The zero-order valence-corrected chi connectivity index (χ0v) is 16.6. The van der Waals surface area contributed by atoms with E-state index in [1.54, 1.807) is 0 Å². The van der Waals surface area contributed by atoms with Crippen LogP contribution in [0.1, 0.15) is 19.3 Å². The number of hydrogen-bond acceptors (Lipinski definition) is 5. The van der Waals surface area contributed by atoms with Gasteiger partial charge in [-0.1, -0.05) is 0 Å². The first-order valence-corrected chi connectivity index (χ1v) is 10.9. The molecule has 2 aromatic rings. The van der Waals surface area contributed by atoms with E-state index < -0.39 is 27.0 Å². The highest BCUT2D eigenvalue weighted by molar-refractivity contribution is 8.01. The molecule has 1 aliphatic heterocycles. The average Bonchev–Trinajstić information content (AvgIpc) is 2.84. The molecule has 162 valence electrons. The van der Waals surface area contributed by atoms with Crippen LogP contribution in [0.15, 0.2) is 53.4 Å². The van der Waals surface area contributed by atoms with Crippen molar-refractivity contribution in [2.24, 2.45) is 0 Å². The smallest absolute Gasteiger partial charge is 0.457 e. The molecular weight excluding hydrogens is 423 g/mol. The lowest BCUT2D eigenvalue weighted by atomic mass is 10.2. The van der Waals surface area contributed by atoms with Gasteiger partial charge in [0.2, 0.25) is 0 Å². The molecule has 1 aliphatic rings. The number of ether oxygens (including phenoxy) is 2. The molecule has 2 atom stereocenters. The first kappa shape index (κ1) is 22.0. The van der Waals surface area contributed by atoms with Crippen molar-refractivity contribution in [2.75, 3.05) is 6.54 Å². The predicted octanol–water partition coefficient (Wildman–Crippen LogP) is 4.22. The molecule has 0 saturated carbocycles. The monoisotopic (exact) mass is 443 g/mol. The second kappa shape index (κ2) is 8.57. The third kappa shape index (κ3) is 5.25. The number of hydroxylamine groups is 2. The highest BCUT2D eigenvalue weighted by atomic mass is 32.2. The SMILES string of the molecule is C=S(=O)(c1ccc(Oc2ccc(OC(F)(F)F)cc2)cc1)C1CCCCN(O)C1=O. The Morgan fingerprint density at radius 2 is 1.53 bits per heavy atom. The standard InChI is InChI=1S/C20H20F3NO5S/c1-30(27,18-4-2-3-13-24(26)19(18)25)17-11-9-15(10-12-17)28-14-5-7-16(8-6-14)29-20(21,22)23/h5-12,18,26H,1-4,13H2. The normalized spacial score (nSPS) is 19.7. The first-order chi connectivity index (χ1) is 14.1. The molecule has 0 bridgehead atoms. The molecule has 0 spiro atoms. The van der Waals surface area contributed by atoms with Crippen LogP contribution in [0.4, 0.5) is 13.2 Å². The van der Waals surface area contributed by atoms with Crippen molar-refractivity contribution in [3.63, 3.8) is 0 Å². The Balaban J connectivity index is 1.72. The van der Waals surface area contributed by atoms with Crippen LogP contribution in [0, 0.1) is 0 Å². The summed E-state index contributed by atoms with van der Waals surface area (Å²) >= 11 is 0. The van der Waals surface area contributed by atoms with Crippen LogP contribution in [-0.2, 0) is 14.3 Å². The van der Waals surface area contributed by atoms with Gasteiger partial charge in [-0.05, 0) is 73.7 Å². The van der Waals surface area contributed by atoms with E-state index in [0.717, 1.165) is 12.1 Å². The third-order valence-electron chi connectivity index (χ3n) is 4.59. The van der Waals surface area contributed by atoms with Crippen molar-refractivity contribution in [1.29, 1.82) is 0 Å². The summed E-state index contributed by atoms with van der Waals surface area (Å²) in [6, 6.07) is 11.0. The van der Waals surface area contributed by atoms with E-state index >= 15 is 0 Å². The van der Waals surface area contributed by atoms with E-state index in [4.69, 9.17) is 4.74 Å². The van der Waals surface area contributed by atoms with Crippen LogP contribution in [-0.4, -0.2) is 44.4 Å². The van der Waals surface area contributed by atoms with E-state index in [2.05, 4.69) is 10.6 Å². The minimum Gasteiger partial charge on any atom is -0.457 e. The number of alkyl halides is 3. The van der Waals surface area contributed by atoms with E-state index in [1.807, 2.05) is 0 Å². The number of rotatable bonds is 5. The molecule has 10 heteroatoms. The summed E-state index contributed by atoms with van der Waals surface area (Å²) in [5, 5.41) is 9.45. The van der Waals surface area contributed by atoms with Gasteiger partial charge in [-0.15, -0.1) is 13.2 Å². The van der Waals surface area contributed by atoms with Crippen molar-refractivity contribution < 1.29 is 36.9 Å². The molecule has 1 heterocycles. The topological polar surface area (TPSA) is 76.1 Å². The van der Waals surface area contributed by atoms with Crippen molar-refractivity contribution in [1.82, 2.24) is 5.06 Å². The van der Waals surface area contributed by atoms with Crippen LogP contribution in [0.3, 0.4) is 0 Å². The maximum atomic E-state index is 13.3. The minimum atomic E-state index is -4.77. The number of hydrogen-bond donors (Lipinski definition) is 1. The van der Waals surface area contributed by atoms with Gasteiger partial charge < -0.3 is 9.47 Å². The summed E-state index contributed by atoms with van der Waals surface area (Å²) in [7, 11) is -3.01. The molecule has 1 amide bonds. The zero-order valence-electron chi connectivity index (χ0n) is 15.8. The van der Waals surface area contributed by atoms with Crippen molar-refractivity contribution in [3.05, 3.63) is 48.5 Å². The summed E-state index contributed by atoms with van der Waals surface area (Å²) in [5.74, 6) is 3.43. The molecule has 2 aromatic carbocycles. The molecule has 1 fully saturated rings. The van der Waals surface area contributed by atoms with Crippen LogP contribution in [0.25, 0.3) is 0 Å². The Morgan fingerprint density at radius 3 is 2.10 bits per heavy atom. The molecule has 0 radical (unpaired) electrons. The van der Waals surface area contributed by atoms with Gasteiger partial charge in [0, 0.05) is 21.0 Å². The molecule has 1 saturated heterocycles. The number of benzene rings is 2. The first-order valence-electron chi connectivity index (χ1n) is 9.06. The molecule has 6 nitrogen and oxygen atoms in total. The van der Waals surface area contributed by atoms with Gasteiger partial charge in [0.1, 0.15) is 22.5 Å². The van der Waals surface area contributed by atoms with Crippen molar-refractivity contribution in [2.45, 2.75) is 35.8 Å². The number of halogens is 3. The maximum Gasteiger partial charge on any atom is 0.573 e. The highest BCUT2D eigenvalue weighted by Crippen LogP contribution is 2.29. The Kier molecular flexibility index (Phi) is 6.27. The Labute approximate surface area is 171 Å². The average molecular weight is 443 g/mol. The second-order valence-electron chi connectivity index (χ2n) is 6.76. The van der Waals surface area contributed by atoms with Gasteiger partial charge in [-0.25, -0.2) is 5.06 Å². The summed E-state index contributed by atoms with van der Waals surface area (Å²) in [4.78, 5) is 12.7. The lowest BCUT2D eigenvalue weighted by Crippen LogP contribution is -2.39. The van der Waals surface area contributed by atoms with E-state index in [9.17, 15) is 27.4 Å². The number of nitrogens with zero attached hydrogens (tertiary/aromatic N) is 1. The van der Waals surface area contributed by atoms with Crippen molar-refractivity contribution in [3.8, 4) is 17.2 Å². The van der Waals surface area contributed by atoms with Crippen LogP contribution >= 0.6 is 0 Å². The highest BCUT2D eigenvalue weighted by Gasteiger charge is 2.34. The Morgan fingerprint density at radius 1 is 1.00 bits per heavy atom. The van der Waals surface area contributed by atoms with E-state index in [-0.39, 0.29) is 18.0 Å². The van der Waals surface area contributed by atoms with Gasteiger partial charge in [0.25, 0.3) is 5.91 Å². The van der Waals surface area contributed by atoms with Gasteiger partial charge >= 0.3 is 6.36 Å². The molecule has 30 heavy (non-hydrogen) atoms. The third-order valence-corrected chi connectivity index (χ3v) is 7.02. The Hall–Kier alpha value is -2.72. The van der Waals surface area contributed by atoms with Crippen LogP contribution in [0.2, 0.25) is 0 Å². The molecule has 2 unspecified atom stereocenters. The van der Waals surface area contributed by atoms with Gasteiger partial charge in [-0.3, -0.25) is 14.2 Å². The predicted molar refractivity (Wildman–Crippen MR) is 104 cm³/mol. The zero-order chi connectivity index (χ0) is 21.9. The fraction of sp³-hybridized carbons (Fsp3) is 0.300. The number of carbonyl (C=O) groups is 1. The Bertz CT molecular complexity index is 989. The quantitative estimate of drug-likeness (QED) is 0.553. The van der Waals surface area contributed by atoms with Gasteiger partial charge in [-0.2, -0.15) is 0 Å². The summed E-state index contributed by atoms with van der Waals surface area (Å²) in [6.07, 6.45) is -3.14. The molecule has 0 aliphatic carbocycles. The maximum absolute atomic E-state index is 13.3. The molecule has 1 N–H and O–H groups in total. The van der Waals surface area contributed by atoms with Crippen LogP contribution in [0.5, 0.6) is 17.2 Å². The fourth-order valence-electron chi connectivity index (χ4n) is 3.09. The van der Waals surface area contributed by atoms with Crippen molar-refractivity contribution >= 4 is 21.3 Å². The summed E-state index contributed by atoms with van der Waals surface area (Å²) < 4.78 is 59.2. The molecule has 3 rings (SSSR count). The molecular formula is C20H20F3NO5S. The second-order valence-corrected chi connectivity index (χ2v) is 9.26. The van der Waals surface area contributed by atoms with Gasteiger partial charge in [0.15, 0.2) is 0 Å². The summed E-state index contributed by atoms with van der Waals surface area (Å²) in [6.45, 7) is 0.199. The lowest BCUT2D eigenvalue weighted by Gasteiger charge is -2.22. The minimum absolute atomic E-state index is 0.199. The van der Waals surface area contributed by atoms with E-state index in [0.29, 0.717) is 35.0 Å². The van der Waals surface area contributed by atoms with Crippen LogP contribution < -0.4 is 9.47 Å². The van der Waals surface area contributed by atoms with E-state index in [1.165, 1.54) is 36.4 Å². The number of amides is 1. The largest absolute Gasteiger partial charge is 0.573 e.